The monoisotopic (exact) mass is 255 g/mol. The number of nitrogens with zero attached hydrogens (tertiary/aromatic N) is 3. The number of hydrogen-bond donors (Lipinski definition) is 0. The Morgan fingerprint density at radius 1 is 1.42 bits per heavy atom. The molecule has 3 heterocycles. The molecule has 4 heteroatoms. The van der Waals surface area contributed by atoms with E-state index in [1.54, 1.807) is 12.3 Å². The Morgan fingerprint density at radius 3 is 2.95 bits per heavy atom. The molecular formula is C15H17N3O. The maximum Gasteiger partial charge on any atom is 0.204 e. The van der Waals surface area contributed by atoms with Crippen molar-refractivity contribution >= 4 is 11.0 Å². The van der Waals surface area contributed by atoms with Crippen molar-refractivity contribution in [3.05, 3.63) is 29.8 Å². The van der Waals surface area contributed by atoms with Crippen molar-refractivity contribution in [2.24, 2.45) is 5.92 Å². The average molecular weight is 255 g/mol. The van der Waals surface area contributed by atoms with Crippen molar-refractivity contribution in [3.63, 3.8) is 0 Å². The molecule has 98 valence electrons. The first kappa shape index (κ1) is 12.2. The molecule has 0 aromatic carbocycles. The second-order valence-corrected chi connectivity index (χ2v) is 5.39. The largest absolute Gasteiger partial charge is 0.444 e. The van der Waals surface area contributed by atoms with Gasteiger partial charge in [-0.1, -0.05) is 0 Å². The first-order valence-electron chi connectivity index (χ1n) is 6.72. The van der Waals surface area contributed by atoms with Crippen LogP contribution in [0.15, 0.2) is 22.7 Å². The number of fused-ring (bicyclic) bond motifs is 1. The summed E-state index contributed by atoms with van der Waals surface area (Å²) in [6, 6.07) is 5.86. The number of aromatic nitrogens is 1. The molecule has 2 aromatic rings. The number of hydrogen-bond acceptors (Lipinski definition) is 4. The zero-order valence-electron chi connectivity index (χ0n) is 11.1. The molecule has 0 bridgehead atoms. The summed E-state index contributed by atoms with van der Waals surface area (Å²) in [5.41, 5.74) is 1.80. The predicted octanol–water partition coefficient (Wildman–Crippen LogP) is 2.58. The fourth-order valence-electron chi connectivity index (χ4n) is 2.72. The minimum atomic E-state index is 0.355. The molecule has 1 aliphatic heterocycles. The molecule has 1 aliphatic rings. The lowest BCUT2D eigenvalue weighted by Crippen LogP contribution is -2.31. The van der Waals surface area contributed by atoms with Gasteiger partial charge in [-0.15, -0.1) is 0 Å². The van der Waals surface area contributed by atoms with Crippen molar-refractivity contribution < 1.29 is 4.42 Å². The third-order valence-corrected chi connectivity index (χ3v) is 3.91. The normalized spacial score (nSPS) is 17.7. The maximum absolute atomic E-state index is 8.83. The summed E-state index contributed by atoms with van der Waals surface area (Å²) in [4.78, 5) is 6.83. The van der Waals surface area contributed by atoms with Gasteiger partial charge in [0.1, 0.15) is 6.07 Å². The molecule has 0 spiro atoms. The van der Waals surface area contributed by atoms with Crippen LogP contribution in [0.1, 0.15) is 24.3 Å². The van der Waals surface area contributed by atoms with Crippen LogP contribution in [-0.4, -0.2) is 30.0 Å². The number of rotatable bonds is 2. The second-order valence-electron chi connectivity index (χ2n) is 5.39. The van der Waals surface area contributed by atoms with Crippen molar-refractivity contribution in [2.45, 2.75) is 19.3 Å². The highest BCUT2D eigenvalue weighted by Crippen LogP contribution is 2.23. The summed E-state index contributed by atoms with van der Waals surface area (Å²) in [6.07, 6.45) is 5.24. The van der Waals surface area contributed by atoms with Gasteiger partial charge in [0.2, 0.25) is 5.76 Å². The van der Waals surface area contributed by atoms with E-state index in [4.69, 9.17) is 9.68 Å². The van der Waals surface area contributed by atoms with Crippen molar-refractivity contribution in [1.29, 1.82) is 5.26 Å². The highest BCUT2D eigenvalue weighted by Gasteiger charge is 2.17. The standard InChI is InChI=1S/C15H17N3O/c1-18-4-2-11(3-5-18)6-13-7-12-8-14(9-16)19-15(12)10-17-13/h7-8,10-11H,2-6H2,1H3. The highest BCUT2D eigenvalue weighted by atomic mass is 16.3. The van der Waals surface area contributed by atoms with E-state index >= 15 is 0 Å². The number of furan rings is 1. The molecule has 3 rings (SSSR count). The summed E-state index contributed by atoms with van der Waals surface area (Å²) in [6.45, 7) is 2.36. The number of nitriles is 1. The Bertz CT molecular complexity index is 618. The quantitative estimate of drug-likeness (QED) is 0.827. The molecule has 0 radical (unpaired) electrons. The minimum Gasteiger partial charge on any atom is -0.444 e. The smallest absolute Gasteiger partial charge is 0.204 e. The highest BCUT2D eigenvalue weighted by molar-refractivity contribution is 5.78. The van der Waals surface area contributed by atoms with Crippen LogP contribution >= 0.6 is 0 Å². The van der Waals surface area contributed by atoms with E-state index in [0.717, 1.165) is 23.4 Å². The molecule has 19 heavy (non-hydrogen) atoms. The van der Waals surface area contributed by atoms with E-state index in [-0.39, 0.29) is 0 Å². The van der Waals surface area contributed by atoms with Gasteiger partial charge in [-0.05, 0) is 51.4 Å². The zero-order chi connectivity index (χ0) is 13.2. The van der Waals surface area contributed by atoms with Crippen LogP contribution in [0.5, 0.6) is 0 Å². The van der Waals surface area contributed by atoms with Gasteiger partial charge < -0.3 is 9.32 Å². The summed E-state index contributed by atoms with van der Waals surface area (Å²) >= 11 is 0. The van der Waals surface area contributed by atoms with Crippen LogP contribution < -0.4 is 0 Å². The average Bonchev–Trinajstić information content (AvgIpc) is 2.83. The van der Waals surface area contributed by atoms with Gasteiger partial charge in [0.25, 0.3) is 0 Å². The van der Waals surface area contributed by atoms with Crippen LogP contribution in [-0.2, 0) is 6.42 Å². The molecule has 0 atom stereocenters. The molecular weight excluding hydrogens is 238 g/mol. The van der Waals surface area contributed by atoms with Crippen molar-refractivity contribution in [3.8, 4) is 6.07 Å². The van der Waals surface area contributed by atoms with Gasteiger partial charge in [0, 0.05) is 17.1 Å². The first-order valence-corrected chi connectivity index (χ1v) is 6.72. The first-order chi connectivity index (χ1) is 9.24. The number of piperidine rings is 1. The molecule has 2 aromatic heterocycles. The molecule has 1 saturated heterocycles. The number of likely N-dealkylation sites (tertiary alicyclic amines) is 1. The van der Waals surface area contributed by atoms with Gasteiger partial charge in [0.15, 0.2) is 5.58 Å². The van der Waals surface area contributed by atoms with Gasteiger partial charge >= 0.3 is 0 Å². The summed E-state index contributed by atoms with van der Waals surface area (Å²) in [5.74, 6) is 1.08. The molecule has 0 N–H and O–H groups in total. The Hall–Kier alpha value is -1.86. The molecule has 0 unspecified atom stereocenters. The fraction of sp³-hybridized carbons (Fsp3) is 0.467. The lowest BCUT2D eigenvalue weighted by molar-refractivity contribution is 0.218. The van der Waals surface area contributed by atoms with Gasteiger partial charge in [-0.25, -0.2) is 0 Å². The van der Waals surface area contributed by atoms with Crippen molar-refractivity contribution in [1.82, 2.24) is 9.88 Å². The predicted molar refractivity (Wildman–Crippen MR) is 72.6 cm³/mol. The minimum absolute atomic E-state index is 0.355. The summed E-state index contributed by atoms with van der Waals surface area (Å²) in [7, 11) is 2.18. The van der Waals surface area contributed by atoms with Crippen LogP contribution in [0.3, 0.4) is 0 Å². The van der Waals surface area contributed by atoms with E-state index in [1.807, 2.05) is 6.07 Å². The van der Waals surface area contributed by atoms with Gasteiger partial charge in [-0.3, -0.25) is 4.98 Å². The number of pyridine rings is 1. The zero-order valence-corrected chi connectivity index (χ0v) is 11.1. The summed E-state index contributed by atoms with van der Waals surface area (Å²) < 4.78 is 5.35. The van der Waals surface area contributed by atoms with Crippen LogP contribution in [0.4, 0.5) is 0 Å². The molecule has 0 amide bonds. The molecule has 0 saturated carbocycles. The Kier molecular flexibility index (Phi) is 3.22. The van der Waals surface area contributed by atoms with E-state index in [2.05, 4.69) is 23.0 Å². The lowest BCUT2D eigenvalue weighted by atomic mass is 9.92. The Labute approximate surface area is 112 Å². The Morgan fingerprint density at radius 2 is 2.21 bits per heavy atom. The molecule has 0 aliphatic carbocycles. The van der Waals surface area contributed by atoms with Crippen LogP contribution in [0.25, 0.3) is 11.0 Å². The van der Waals surface area contributed by atoms with Gasteiger partial charge in [0.05, 0.1) is 6.20 Å². The third-order valence-electron chi connectivity index (χ3n) is 3.91. The molecule has 1 fully saturated rings. The van der Waals surface area contributed by atoms with Crippen LogP contribution in [0, 0.1) is 17.2 Å². The molecule has 4 nitrogen and oxygen atoms in total. The third kappa shape index (κ3) is 2.61. The van der Waals surface area contributed by atoms with E-state index in [0.29, 0.717) is 11.3 Å². The second kappa shape index (κ2) is 5.02. The summed E-state index contributed by atoms with van der Waals surface area (Å²) in [5, 5.41) is 9.81. The van der Waals surface area contributed by atoms with Gasteiger partial charge in [-0.2, -0.15) is 5.26 Å². The van der Waals surface area contributed by atoms with E-state index in [1.165, 1.54) is 25.9 Å². The van der Waals surface area contributed by atoms with Crippen molar-refractivity contribution in [2.75, 3.05) is 20.1 Å². The Balaban J connectivity index is 1.76. The topological polar surface area (TPSA) is 53.1 Å². The van der Waals surface area contributed by atoms with Crippen LogP contribution in [0.2, 0.25) is 0 Å². The van der Waals surface area contributed by atoms with E-state index < -0.39 is 0 Å². The van der Waals surface area contributed by atoms with E-state index in [9.17, 15) is 0 Å². The maximum atomic E-state index is 8.83. The lowest BCUT2D eigenvalue weighted by Gasteiger charge is -2.28. The fourth-order valence-corrected chi connectivity index (χ4v) is 2.72. The SMILES string of the molecule is CN1CCC(Cc2cc3cc(C#N)oc3cn2)CC1.